The van der Waals surface area contributed by atoms with E-state index in [2.05, 4.69) is 14.9 Å². The lowest BCUT2D eigenvalue weighted by atomic mass is 10.1. The Morgan fingerprint density at radius 2 is 1.71 bits per heavy atom. The molecule has 9 heteroatoms. The number of hydrogen-bond donors (Lipinski definition) is 2. The Kier molecular flexibility index (Phi) is 7.59. The van der Waals surface area contributed by atoms with Gasteiger partial charge in [0.05, 0.1) is 29.8 Å². The Balaban J connectivity index is 1.43. The number of hydrogen-bond acceptors (Lipinski definition) is 6. The van der Waals surface area contributed by atoms with E-state index in [-0.39, 0.29) is 16.8 Å². The molecule has 35 heavy (non-hydrogen) atoms. The average molecular weight is 498 g/mol. The molecule has 0 bridgehead atoms. The van der Waals surface area contributed by atoms with Crippen LogP contribution >= 0.6 is 0 Å². The van der Waals surface area contributed by atoms with Gasteiger partial charge in [-0.1, -0.05) is 12.1 Å². The summed E-state index contributed by atoms with van der Waals surface area (Å²) in [7, 11) is -3.78. The van der Waals surface area contributed by atoms with Crippen LogP contribution in [0.4, 0.5) is 5.69 Å². The first kappa shape index (κ1) is 25.0. The fraction of sp³-hybridized carbons (Fsp3) is 0.346. The maximum atomic E-state index is 12.9. The van der Waals surface area contributed by atoms with Gasteiger partial charge >= 0.3 is 0 Å². The smallest absolute Gasteiger partial charge is 0.261 e. The molecule has 1 aliphatic heterocycles. The van der Waals surface area contributed by atoms with Crippen molar-refractivity contribution in [3.05, 3.63) is 82.8 Å². The van der Waals surface area contributed by atoms with E-state index in [1.807, 2.05) is 45.0 Å². The number of morpholine rings is 1. The van der Waals surface area contributed by atoms with Crippen molar-refractivity contribution in [1.29, 1.82) is 0 Å². The quantitative estimate of drug-likeness (QED) is 0.491. The van der Waals surface area contributed by atoms with E-state index in [0.29, 0.717) is 31.0 Å². The van der Waals surface area contributed by atoms with Crippen LogP contribution in [0.3, 0.4) is 0 Å². The Morgan fingerprint density at radius 3 is 2.37 bits per heavy atom. The number of nitrogens with zero attached hydrogens (tertiary/aromatic N) is 1. The van der Waals surface area contributed by atoms with Crippen LogP contribution in [-0.2, 0) is 14.8 Å². The molecule has 1 saturated heterocycles. The first-order chi connectivity index (χ1) is 16.7. The molecule has 0 radical (unpaired) electrons. The van der Waals surface area contributed by atoms with Crippen LogP contribution in [0.25, 0.3) is 0 Å². The Hall–Kier alpha value is -3.14. The highest BCUT2D eigenvalue weighted by molar-refractivity contribution is 7.92. The molecule has 0 aliphatic carbocycles. The summed E-state index contributed by atoms with van der Waals surface area (Å²) in [5, 5.41) is 2.97. The second-order valence-electron chi connectivity index (χ2n) is 8.70. The molecular formula is C26H31N3O5S. The first-order valence-electron chi connectivity index (χ1n) is 11.6. The zero-order chi connectivity index (χ0) is 25.0. The zero-order valence-electron chi connectivity index (χ0n) is 20.2. The van der Waals surface area contributed by atoms with Crippen LogP contribution in [0.5, 0.6) is 0 Å². The minimum Gasteiger partial charge on any atom is -0.465 e. The molecule has 1 amide bonds. The molecule has 2 aromatic carbocycles. The van der Waals surface area contributed by atoms with E-state index in [0.717, 1.165) is 35.7 Å². The van der Waals surface area contributed by atoms with Crippen molar-refractivity contribution in [1.82, 2.24) is 10.2 Å². The molecule has 0 saturated carbocycles. The van der Waals surface area contributed by atoms with E-state index in [1.165, 1.54) is 24.3 Å². The predicted molar refractivity (Wildman–Crippen MR) is 134 cm³/mol. The number of carbonyl (C=O) groups is 1. The van der Waals surface area contributed by atoms with Gasteiger partial charge in [0, 0.05) is 25.2 Å². The minimum atomic E-state index is -3.78. The molecule has 186 valence electrons. The molecule has 8 nitrogen and oxygen atoms in total. The summed E-state index contributed by atoms with van der Waals surface area (Å²) in [6, 6.07) is 15.1. The molecule has 3 aromatic rings. The van der Waals surface area contributed by atoms with Crippen LogP contribution in [0, 0.1) is 20.8 Å². The predicted octanol–water partition coefficient (Wildman–Crippen LogP) is 3.81. The molecule has 1 aliphatic rings. The number of benzene rings is 2. The molecule has 1 atom stereocenters. The van der Waals surface area contributed by atoms with Crippen LogP contribution in [0.2, 0.25) is 0 Å². The molecule has 1 aromatic heterocycles. The summed E-state index contributed by atoms with van der Waals surface area (Å²) in [5.74, 6) is 1.33. The third-order valence-corrected chi connectivity index (χ3v) is 7.69. The summed E-state index contributed by atoms with van der Waals surface area (Å²) in [4.78, 5) is 15.2. The number of rotatable bonds is 8. The van der Waals surface area contributed by atoms with Gasteiger partial charge in [0.2, 0.25) is 0 Å². The highest BCUT2D eigenvalue weighted by atomic mass is 32.2. The minimum absolute atomic E-state index is 0.0900. The number of carbonyl (C=O) groups excluding carboxylic acids is 1. The number of nitrogens with one attached hydrogen (secondary N) is 2. The number of anilines is 1. The molecule has 0 spiro atoms. The number of ether oxygens (including phenoxy) is 1. The normalized spacial score (nSPS) is 15.5. The summed E-state index contributed by atoms with van der Waals surface area (Å²) < 4.78 is 39.7. The molecule has 1 fully saturated rings. The van der Waals surface area contributed by atoms with Gasteiger partial charge in [0.15, 0.2) is 0 Å². The number of amides is 1. The fourth-order valence-electron chi connectivity index (χ4n) is 4.07. The van der Waals surface area contributed by atoms with Crippen molar-refractivity contribution in [2.45, 2.75) is 31.7 Å². The van der Waals surface area contributed by atoms with Gasteiger partial charge in [0.1, 0.15) is 11.5 Å². The lowest BCUT2D eigenvalue weighted by Gasteiger charge is -2.33. The lowest BCUT2D eigenvalue weighted by molar-refractivity contribution is 0.0117. The van der Waals surface area contributed by atoms with Gasteiger partial charge in [0.25, 0.3) is 15.9 Å². The number of sulfonamides is 1. The average Bonchev–Trinajstić information content (AvgIpc) is 3.28. The molecule has 2 heterocycles. The van der Waals surface area contributed by atoms with E-state index in [9.17, 15) is 13.2 Å². The second-order valence-corrected chi connectivity index (χ2v) is 10.4. The largest absolute Gasteiger partial charge is 0.465 e. The van der Waals surface area contributed by atoms with Crippen LogP contribution in [0.1, 0.15) is 39.0 Å². The number of aryl methyl sites for hydroxylation is 2. The van der Waals surface area contributed by atoms with Crippen molar-refractivity contribution in [2.24, 2.45) is 0 Å². The third kappa shape index (κ3) is 5.93. The highest BCUT2D eigenvalue weighted by Crippen LogP contribution is 2.24. The van der Waals surface area contributed by atoms with Crippen molar-refractivity contribution >= 4 is 21.6 Å². The van der Waals surface area contributed by atoms with E-state index >= 15 is 0 Å². The van der Waals surface area contributed by atoms with Crippen LogP contribution < -0.4 is 10.0 Å². The van der Waals surface area contributed by atoms with E-state index < -0.39 is 10.0 Å². The second kappa shape index (κ2) is 10.6. The van der Waals surface area contributed by atoms with Gasteiger partial charge in [-0.2, -0.15) is 0 Å². The fourth-order valence-corrected chi connectivity index (χ4v) is 5.20. The summed E-state index contributed by atoms with van der Waals surface area (Å²) >= 11 is 0. The van der Waals surface area contributed by atoms with E-state index in [4.69, 9.17) is 9.15 Å². The van der Waals surface area contributed by atoms with Crippen molar-refractivity contribution in [3.63, 3.8) is 0 Å². The summed E-state index contributed by atoms with van der Waals surface area (Å²) in [5.41, 5.74) is 2.78. The Bertz CT molecular complexity index is 1280. The van der Waals surface area contributed by atoms with Crippen LogP contribution in [-0.4, -0.2) is 52.1 Å². The standard InChI is InChI=1S/C26H31N3O5S/c1-18-5-4-6-23(20(18)3)28-35(31,32)22-10-8-21(9-11-22)26(30)27-17-24(25-12-7-19(2)34-25)29-13-15-33-16-14-29/h4-12,24,28H,13-17H2,1-3H3,(H,27,30). The Morgan fingerprint density at radius 1 is 1.00 bits per heavy atom. The SMILES string of the molecule is Cc1ccc(C(CNC(=O)c2ccc(S(=O)(=O)Nc3cccc(C)c3C)cc2)N2CCOCC2)o1. The molecule has 4 rings (SSSR count). The van der Waals surface area contributed by atoms with Crippen molar-refractivity contribution < 1.29 is 22.4 Å². The molecular weight excluding hydrogens is 466 g/mol. The van der Waals surface area contributed by atoms with Crippen molar-refractivity contribution in [3.8, 4) is 0 Å². The molecule has 1 unspecified atom stereocenters. The van der Waals surface area contributed by atoms with Gasteiger partial charge < -0.3 is 14.5 Å². The van der Waals surface area contributed by atoms with E-state index in [1.54, 1.807) is 6.07 Å². The van der Waals surface area contributed by atoms with Gasteiger partial charge in [-0.15, -0.1) is 0 Å². The zero-order valence-corrected chi connectivity index (χ0v) is 21.0. The van der Waals surface area contributed by atoms with Gasteiger partial charge in [-0.05, 0) is 74.4 Å². The molecule has 2 N–H and O–H groups in total. The highest BCUT2D eigenvalue weighted by Gasteiger charge is 2.26. The first-order valence-corrected chi connectivity index (χ1v) is 13.1. The monoisotopic (exact) mass is 497 g/mol. The summed E-state index contributed by atoms with van der Waals surface area (Å²) in [6.45, 7) is 8.82. The van der Waals surface area contributed by atoms with Gasteiger partial charge in [-0.3, -0.25) is 14.4 Å². The lowest BCUT2D eigenvalue weighted by Crippen LogP contribution is -2.43. The van der Waals surface area contributed by atoms with Crippen molar-refractivity contribution in [2.75, 3.05) is 37.6 Å². The van der Waals surface area contributed by atoms with Gasteiger partial charge in [-0.25, -0.2) is 8.42 Å². The summed E-state index contributed by atoms with van der Waals surface area (Å²) in [6.07, 6.45) is 0. The van der Waals surface area contributed by atoms with Crippen LogP contribution in [0.15, 0.2) is 63.9 Å². The maximum absolute atomic E-state index is 12.9. The number of furan rings is 1. The maximum Gasteiger partial charge on any atom is 0.261 e. The topological polar surface area (TPSA) is 101 Å². The Labute approximate surface area is 206 Å². The third-order valence-electron chi connectivity index (χ3n) is 6.31.